The van der Waals surface area contributed by atoms with Gasteiger partial charge in [-0.2, -0.15) is 0 Å². The lowest BCUT2D eigenvalue weighted by molar-refractivity contribution is 0.315. The Labute approximate surface area is 119 Å². The smallest absolute Gasteiger partial charge is 0.188 e. The molecule has 5 heteroatoms. The number of nitrogens with one attached hydrogen (secondary N) is 1. The van der Waals surface area contributed by atoms with E-state index in [9.17, 15) is 0 Å². The third-order valence-electron chi connectivity index (χ3n) is 3.50. The summed E-state index contributed by atoms with van der Waals surface area (Å²) in [5.41, 5.74) is 6.71. The number of aliphatic imine (C=N–C) groups is 1. The van der Waals surface area contributed by atoms with Gasteiger partial charge in [-0.25, -0.2) is 4.99 Å². The predicted octanol–water partition coefficient (Wildman–Crippen LogP) is 2.55. The zero-order chi connectivity index (χ0) is 13.7. The second kappa shape index (κ2) is 6.66. The molecule has 0 radical (unpaired) electrons. The number of guanidine groups is 1. The number of halogens is 1. The highest BCUT2D eigenvalue weighted by molar-refractivity contribution is 6.31. The van der Waals surface area contributed by atoms with Crippen molar-refractivity contribution in [1.29, 1.82) is 0 Å². The normalized spacial score (nSPS) is 16.0. The molecule has 1 saturated carbocycles. The fourth-order valence-electron chi connectivity index (χ4n) is 2.05. The number of rotatable bonds is 5. The standard InChI is InChI=1S/C14H20ClN3O/c1-19-13-7-3-6-12(15)11(13)9-18-14(16)17-8-10-4-2-5-10/h3,6-7,10H,2,4-5,8-9H2,1H3,(H3,16,17,18). The molecule has 0 unspecified atom stereocenters. The average Bonchev–Trinajstić information content (AvgIpc) is 2.35. The molecule has 1 fully saturated rings. The highest BCUT2D eigenvalue weighted by atomic mass is 35.5. The topological polar surface area (TPSA) is 59.6 Å². The number of benzene rings is 1. The van der Waals surface area contributed by atoms with Gasteiger partial charge >= 0.3 is 0 Å². The summed E-state index contributed by atoms with van der Waals surface area (Å²) in [6, 6.07) is 5.55. The van der Waals surface area contributed by atoms with Gasteiger partial charge in [-0.3, -0.25) is 0 Å². The van der Waals surface area contributed by atoms with Crippen molar-refractivity contribution in [1.82, 2.24) is 5.32 Å². The Hall–Kier alpha value is -1.42. The molecule has 3 N–H and O–H groups in total. The maximum Gasteiger partial charge on any atom is 0.188 e. The molecule has 2 rings (SSSR count). The summed E-state index contributed by atoms with van der Waals surface area (Å²) < 4.78 is 5.27. The van der Waals surface area contributed by atoms with Gasteiger partial charge in [0.15, 0.2) is 5.96 Å². The van der Waals surface area contributed by atoms with E-state index in [0.29, 0.717) is 17.5 Å². The molecule has 0 spiro atoms. The lowest BCUT2D eigenvalue weighted by Crippen LogP contribution is -2.37. The van der Waals surface area contributed by atoms with Gasteiger partial charge in [0.1, 0.15) is 5.75 Å². The quantitative estimate of drug-likeness (QED) is 0.644. The van der Waals surface area contributed by atoms with Gasteiger partial charge < -0.3 is 15.8 Å². The van der Waals surface area contributed by atoms with Crippen molar-refractivity contribution in [3.63, 3.8) is 0 Å². The molecular weight excluding hydrogens is 262 g/mol. The van der Waals surface area contributed by atoms with Crippen molar-refractivity contribution in [2.75, 3.05) is 13.7 Å². The first kappa shape index (κ1) is 14.0. The third-order valence-corrected chi connectivity index (χ3v) is 3.85. The third kappa shape index (κ3) is 3.77. The van der Waals surface area contributed by atoms with Gasteiger partial charge in [0.05, 0.1) is 13.7 Å². The van der Waals surface area contributed by atoms with Crippen LogP contribution in [0, 0.1) is 5.92 Å². The van der Waals surface area contributed by atoms with Gasteiger partial charge in [0.25, 0.3) is 0 Å². The van der Waals surface area contributed by atoms with Gasteiger partial charge in [-0.1, -0.05) is 24.1 Å². The Morgan fingerprint density at radius 1 is 1.53 bits per heavy atom. The van der Waals surface area contributed by atoms with E-state index in [-0.39, 0.29) is 0 Å². The predicted molar refractivity (Wildman–Crippen MR) is 78.7 cm³/mol. The molecule has 1 aliphatic carbocycles. The first-order valence-corrected chi connectivity index (χ1v) is 6.93. The van der Waals surface area contributed by atoms with E-state index >= 15 is 0 Å². The van der Waals surface area contributed by atoms with Crippen LogP contribution in [0.4, 0.5) is 0 Å². The lowest BCUT2D eigenvalue weighted by atomic mass is 9.85. The Kier molecular flexibility index (Phi) is 4.91. The molecular formula is C14H20ClN3O. The van der Waals surface area contributed by atoms with Crippen LogP contribution >= 0.6 is 11.6 Å². The number of methoxy groups -OCH3 is 1. The van der Waals surface area contributed by atoms with Gasteiger partial charge in [0, 0.05) is 17.1 Å². The molecule has 19 heavy (non-hydrogen) atoms. The molecule has 0 bridgehead atoms. The molecule has 0 aliphatic heterocycles. The highest BCUT2D eigenvalue weighted by Gasteiger charge is 2.16. The minimum atomic E-state index is 0.423. The summed E-state index contributed by atoms with van der Waals surface area (Å²) in [6.07, 6.45) is 3.91. The van der Waals surface area contributed by atoms with Crippen LogP contribution in [0.1, 0.15) is 24.8 Å². The Morgan fingerprint density at radius 3 is 2.95 bits per heavy atom. The maximum atomic E-state index is 6.14. The fourth-order valence-corrected chi connectivity index (χ4v) is 2.28. The van der Waals surface area contributed by atoms with E-state index in [2.05, 4.69) is 10.3 Å². The van der Waals surface area contributed by atoms with Crippen LogP contribution in [0.2, 0.25) is 5.02 Å². The minimum Gasteiger partial charge on any atom is -0.496 e. The maximum absolute atomic E-state index is 6.14. The van der Waals surface area contributed by atoms with Crippen LogP contribution in [0.25, 0.3) is 0 Å². The minimum absolute atomic E-state index is 0.423. The monoisotopic (exact) mass is 281 g/mol. The average molecular weight is 282 g/mol. The number of nitrogens with zero attached hydrogens (tertiary/aromatic N) is 1. The number of hydrogen-bond acceptors (Lipinski definition) is 2. The van der Waals surface area contributed by atoms with Crippen LogP contribution in [0.3, 0.4) is 0 Å². The second-order valence-corrected chi connectivity index (χ2v) is 5.21. The van der Waals surface area contributed by atoms with Crippen molar-refractivity contribution in [3.05, 3.63) is 28.8 Å². The first-order chi connectivity index (χ1) is 9.20. The summed E-state index contributed by atoms with van der Waals surface area (Å²) in [4.78, 5) is 4.31. The summed E-state index contributed by atoms with van der Waals surface area (Å²) in [5, 5.41) is 3.80. The second-order valence-electron chi connectivity index (χ2n) is 4.80. The molecule has 4 nitrogen and oxygen atoms in total. The van der Waals surface area contributed by atoms with Gasteiger partial charge in [0.2, 0.25) is 0 Å². The summed E-state index contributed by atoms with van der Waals surface area (Å²) >= 11 is 6.14. The highest BCUT2D eigenvalue weighted by Crippen LogP contribution is 2.27. The summed E-state index contributed by atoms with van der Waals surface area (Å²) in [6.45, 7) is 1.33. The SMILES string of the molecule is COc1cccc(Cl)c1CN=C(N)NCC1CCC1. The molecule has 0 amide bonds. The molecule has 104 valence electrons. The number of hydrogen-bond donors (Lipinski definition) is 2. The Morgan fingerprint density at radius 2 is 2.32 bits per heavy atom. The van der Waals surface area contributed by atoms with E-state index in [1.807, 2.05) is 18.2 Å². The van der Waals surface area contributed by atoms with E-state index < -0.39 is 0 Å². The van der Waals surface area contributed by atoms with Crippen molar-refractivity contribution in [2.45, 2.75) is 25.8 Å². The van der Waals surface area contributed by atoms with Crippen LogP contribution in [-0.2, 0) is 6.54 Å². The van der Waals surface area contributed by atoms with Gasteiger partial charge in [-0.05, 0) is 30.9 Å². The Balaban J connectivity index is 1.92. The van der Waals surface area contributed by atoms with Crippen LogP contribution in [0.15, 0.2) is 23.2 Å². The van der Waals surface area contributed by atoms with E-state index in [4.69, 9.17) is 22.1 Å². The molecule has 1 aliphatic rings. The van der Waals surface area contributed by atoms with Gasteiger partial charge in [-0.15, -0.1) is 0 Å². The molecule has 0 saturated heterocycles. The van der Waals surface area contributed by atoms with E-state index in [1.165, 1.54) is 19.3 Å². The largest absolute Gasteiger partial charge is 0.496 e. The fraction of sp³-hybridized carbons (Fsp3) is 0.500. The van der Waals surface area contributed by atoms with Crippen molar-refractivity contribution >= 4 is 17.6 Å². The number of ether oxygens (including phenoxy) is 1. The lowest BCUT2D eigenvalue weighted by Gasteiger charge is -2.25. The van der Waals surface area contributed by atoms with Crippen molar-refractivity contribution < 1.29 is 4.74 Å². The van der Waals surface area contributed by atoms with Crippen molar-refractivity contribution in [3.8, 4) is 5.75 Å². The van der Waals surface area contributed by atoms with E-state index in [0.717, 1.165) is 23.8 Å². The Bertz CT molecular complexity index is 458. The molecule has 0 heterocycles. The summed E-state index contributed by atoms with van der Waals surface area (Å²) in [5.74, 6) is 1.96. The number of nitrogens with two attached hydrogens (primary N) is 1. The first-order valence-electron chi connectivity index (χ1n) is 6.56. The van der Waals surface area contributed by atoms with Crippen LogP contribution < -0.4 is 15.8 Å². The van der Waals surface area contributed by atoms with Crippen molar-refractivity contribution in [2.24, 2.45) is 16.6 Å². The molecule has 1 aromatic carbocycles. The van der Waals surface area contributed by atoms with E-state index in [1.54, 1.807) is 7.11 Å². The molecule has 0 atom stereocenters. The summed E-state index contributed by atoms with van der Waals surface area (Å²) in [7, 11) is 1.62. The zero-order valence-corrected chi connectivity index (χ0v) is 11.9. The van der Waals surface area contributed by atoms with Crippen LogP contribution in [0.5, 0.6) is 5.75 Å². The zero-order valence-electron chi connectivity index (χ0n) is 11.2. The van der Waals surface area contributed by atoms with Crippen LogP contribution in [-0.4, -0.2) is 19.6 Å². The molecule has 1 aromatic rings. The molecule has 0 aromatic heterocycles.